The third kappa shape index (κ3) is 7.10. The number of aromatic nitrogens is 2. The van der Waals surface area contributed by atoms with Crippen molar-refractivity contribution in [1.29, 1.82) is 0 Å². The van der Waals surface area contributed by atoms with Gasteiger partial charge in [0.15, 0.2) is 5.82 Å². The highest BCUT2D eigenvalue weighted by Gasteiger charge is 2.26. The molecular weight excluding hydrogens is 514 g/mol. The molecule has 1 heterocycles. The Bertz CT molecular complexity index is 1440. The van der Waals surface area contributed by atoms with E-state index in [0.29, 0.717) is 16.5 Å². The number of halogens is 1. The van der Waals surface area contributed by atoms with Gasteiger partial charge < -0.3 is 10.6 Å². The van der Waals surface area contributed by atoms with E-state index in [1.807, 2.05) is 19.1 Å². The van der Waals surface area contributed by atoms with Crippen LogP contribution in [0.2, 0.25) is 5.02 Å². The second kappa shape index (κ2) is 10.0. The molecule has 6 N–H and O–H groups in total. The van der Waals surface area contributed by atoms with E-state index in [0.717, 1.165) is 29.7 Å². The van der Waals surface area contributed by atoms with E-state index < -0.39 is 20.2 Å². The minimum absolute atomic E-state index is 0.00618. The first-order valence-corrected chi connectivity index (χ1v) is 14.0. The first kappa shape index (κ1) is 25.3. The van der Waals surface area contributed by atoms with Crippen LogP contribution in [0.5, 0.6) is 0 Å². The lowest BCUT2D eigenvalue weighted by Gasteiger charge is -2.13. The molecular formula is C21H24ClN7O4S2. The topological polar surface area (TPSA) is 168 Å². The van der Waals surface area contributed by atoms with Crippen molar-refractivity contribution < 1.29 is 16.8 Å². The smallest absolute Gasteiger partial charge is 0.277 e. The van der Waals surface area contributed by atoms with Gasteiger partial charge in [-0.1, -0.05) is 23.7 Å². The average molecular weight is 538 g/mol. The highest BCUT2D eigenvalue weighted by Crippen LogP contribution is 2.27. The Hall–Kier alpha value is -2.81. The number of hydrogen-bond donors (Lipinski definition) is 5. The summed E-state index contributed by atoms with van der Waals surface area (Å²) in [4.78, 5) is 8.53. The number of sulfonamides is 1. The molecule has 0 radical (unpaired) electrons. The van der Waals surface area contributed by atoms with Crippen molar-refractivity contribution in [3.05, 3.63) is 64.8 Å². The van der Waals surface area contributed by atoms with Gasteiger partial charge >= 0.3 is 0 Å². The highest BCUT2D eigenvalue weighted by atomic mass is 35.5. The number of nitrogens with one attached hydrogen (secondary N) is 4. The van der Waals surface area contributed by atoms with Crippen LogP contribution in [0.3, 0.4) is 0 Å². The van der Waals surface area contributed by atoms with Crippen LogP contribution < -0.4 is 25.2 Å². The molecule has 1 aliphatic rings. The Labute approximate surface area is 208 Å². The van der Waals surface area contributed by atoms with Crippen LogP contribution in [0.25, 0.3) is 0 Å². The molecule has 0 spiro atoms. The molecule has 0 aliphatic heterocycles. The minimum Gasteiger partial charge on any atom is -0.339 e. The Morgan fingerprint density at radius 2 is 1.77 bits per heavy atom. The average Bonchev–Trinajstić information content (AvgIpc) is 3.59. The molecule has 0 atom stereocenters. The van der Waals surface area contributed by atoms with E-state index >= 15 is 0 Å². The molecule has 1 aliphatic carbocycles. The number of nitrogens with two attached hydrogens (primary N) is 1. The molecule has 35 heavy (non-hydrogen) atoms. The maximum absolute atomic E-state index is 12.0. The lowest BCUT2D eigenvalue weighted by atomic mass is 10.1. The summed E-state index contributed by atoms with van der Waals surface area (Å²) in [6.45, 7) is 2.04. The number of benzene rings is 2. The van der Waals surface area contributed by atoms with E-state index in [4.69, 9.17) is 16.7 Å². The van der Waals surface area contributed by atoms with Crippen molar-refractivity contribution >= 4 is 55.0 Å². The van der Waals surface area contributed by atoms with Gasteiger partial charge in [-0.3, -0.25) is 0 Å². The maximum atomic E-state index is 12.0. The Kier molecular flexibility index (Phi) is 7.26. The maximum Gasteiger partial charge on any atom is 0.277 e. The summed E-state index contributed by atoms with van der Waals surface area (Å²) in [6, 6.07) is 11.4. The van der Waals surface area contributed by atoms with Crippen molar-refractivity contribution in [2.24, 2.45) is 5.14 Å². The predicted octanol–water partition coefficient (Wildman–Crippen LogP) is 2.66. The summed E-state index contributed by atoms with van der Waals surface area (Å²) in [5.74, 6) is 0.600. The van der Waals surface area contributed by atoms with Crippen LogP contribution in [0.1, 0.15) is 24.0 Å². The lowest BCUT2D eigenvalue weighted by Crippen LogP contribution is -2.37. The van der Waals surface area contributed by atoms with Gasteiger partial charge in [-0.15, -0.1) is 0 Å². The molecule has 1 fully saturated rings. The third-order valence-electron chi connectivity index (χ3n) is 5.09. The zero-order valence-electron chi connectivity index (χ0n) is 18.6. The Morgan fingerprint density at radius 3 is 2.40 bits per heavy atom. The summed E-state index contributed by atoms with van der Waals surface area (Å²) in [7, 11) is -7.31. The number of primary sulfonamides is 1. The molecule has 1 saturated carbocycles. The fourth-order valence-electron chi connectivity index (χ4n) is 3.12. The van der Waals surface area contributed by atoms with Gasteiger partial charge in [0.05, 0.1) is 11.1 Å². The summed E-state index contributed by atoms with van der Waals surface area (Å²) in [6.07, 6.45) is 3.17. The number of hydrogen-bond acceptors (Lipinski definition) is 8. The minimum atomic E-state index is -3.78. The molecule has 0 saturated heterocycles. The Balaban J connectivity index is 1.43. The molecule has 186 valence electrons. The number of anilines is 4. The van der Waals surface area contributed by atoms with Gasteiger partial charge in [0.25, 0.3) is 10.2 Å². The predicted molar refractivity (Wildman–Crippen MR) is 135 cm³/mol. The molecule has 0 unspecified atom stereocenters. The van der Waals surface area contributed by atoms with Crippen molar-refractivity contribution in [2.45, 2.75) is 37.2 Å². The van der Waals surface area contributed by atoms with Crippen LogP contribution in [0.4, 0.5) is 23.1 Å². The van der Waals surface area contributed by atoms with Crippen molar-refractivity contribution in [2.75, 3.05) is 10.6 Å². The first-order valence-electron chi connectivity index (χ1n) is 10.5. The zero-order valence-corrected chi connectivity index (χ0v) is 21.0. The van der Waals surface area contributed by atoms with Gasteiger partial charge in [0.1, 0.15) is 5.02 Å². The molecule has 2 aromatic carbocycles. The monoisotopic (exact) mass is 537 g/mol. The van der Waals surface area contributed by atoms with Gasteiger partial charge in [0.2, 0.25) is 16.0 Å². The van der Waals surface area contributed by atoms with Gasteiger partial charge in [-0.05, 0) is 61.2 Å². The van der Waals surface area contributed by atoms with Crippen LogP contribution in [0.15, 0.2) is 53.6 Å². The summed E-state index contributed by atoms with van der Waals surface area (Å²) in [5.41, 5.74) is 2.95. The molecule has 0 bridgehead atoms. The van der Waals surface area contributed by atoms with Crippen LogP contribution in [-0.2, 0) is 26.8 Å². The second-order valence-electron chi connectivity index (χ2n) is 8.08. The van der Waals surface area contributed by atoms with Crippen LogP contribution in [0, 0.1) is 6.92 Å². The van der Waals surface area contributed by atoms with E-state index in [1.165, 1.54) is 18.3 Å². The van der Waals surface area contributed by atoms with Gasteiger partial charge in [-0.25, -0.2) is 18.5 Å². The van der Waals surface area contributed by atoms with Crippen molar-refractivity contribution in [1.82, 2.24) is 19.4 Å². The zero-order chi connectivity index (χ0) is 25.2. The summed E-state index contributed by atoms with van der Waals surface area (Å²) < 4.78 is 51.9. The second-order valence-corrected chi connectivity index (χ2v) is 11.6. The number of nitrogens with zero attached hydrogens (tertiary/aromatic N) is 2. The van der Waals surface area contributed by atoms with E-state index in [-0.39, 0.29) is 23.4 Å². The largest absolute Gasteiger partial charge is 0.339 e. The summed E-state index contributed by atoms with van der Waals surface area (Å²) >= 11 is 6.27. The lowest BCUT2D eigenvalue weighted by molar-refractivity contribution is 0.565. The summed E-state index contributed by atoms with van der Waals surface area (Å²) in [5, 5.41) is 11.6. The van der Waals surface area contributed by atoms with E-state index in [9.17, 15) is 16.8 Å². The van der Waals surface area contributed by atoms with E-state index in [2.05, 4.69) is 30.0 Å². The molecule has 11 nitrogen and oxygen atoms in total. The number of aryl methyl sites for hydroxylation is 1. The molecule has 0 amide bonds. The van der Waals surface area contributed by atoms with E-state index in [1.54, 1.807) is 18.2 Å². The molecule has 3 aromatic rings. The Morgan fingerprint density at radius 1 is 1.06 bits per heavy atom. The SMILES string of the molecule is Cc1cc(CNS(=O)(=O)NC2CC2)ccc1Nc1nc(Nc2ccc(S(N)(=O)=O)cc2)ncc1Cl. The van der Waals surface area contributed by atoms with Gasteiger partial charge in [-0.2, -0.15) is 22.8 Å². The fourth-order valence-corrected chi connectivity index (χ4v) is 4.88. The van der Waals surface area contributed by atoms with Crippen molar-refractivity contribution in [3.8, 4) is 0 Å². The molecule has 1 aromatic heterocycles. The third-order valence-corrected chi connectivity index (χ3v) is 7.47. The van der Waals surface area contributed by atoms with Crippen LogP contribution >= 0.6 is 11.6 Å². The fraction of sp³-hybridized carbons (Fsp3) is 0.238. The van der Waals surface area contributed by atoms with Gasteiger partial charge in [0, 0.05) is 24.0 Å². The van der Waals surface area contributed by atoms with Crippen LogP contribution in [-0.4, -0.2) is 32.8 Å². The first-order chi connectivity index (χ1) is 16.5. The highest BCUT2D eigenvalue weighted by molar-refractivity contribution is 7.89. The quantitative estimate of drug-likeness (QED) is 0.263. The standard InChI is InChI=1S/C21H24ClN7O4S2/c1-13-10-14(11-25-35(32,33)29-16-3-4-16)2-9-19(13)27-20-18(22)12-24-21(28-20)26-15-5-7-17(8-6-15)34(23,30)31/h2,5-10,12,16,25,29H,3-4,11H2,1H3,(H2,23,30,31)(H2,24,26,27,28). The van der Waals surface area contributed by atoms with Crippen molar-refractivity contribution in [3.63, 3.8) is 0 Å². The number of rotatable bonds is 10. The molecule has 4 rings (SSSR count). The molecule has 14 heteroatoms. The normalized spacial score (nSPS) is 14.0.